The first-order valence-electron chi connectivity index (χ1n) is 12.1. The van der Waals surface area contributed by atoms with Gasteiger partial charge in [0, 0.05) is 48.5 Å². The van der Waals surface area contributed by atoms with Crippen molar-refractivity contribution in [3.63, 3.8) is 0 Å². The molecule has 1 saturated heterocycles. The minimum atomic E-state index is -0.174. The molecule has 1 atom stereocenters. The minimum Gasteiger partial charge on any atom is -0.497 e. The van der Waals surface area contributed by atoms with Crippen LogP contribution in [-0.4, -0.2) is 53.0 Å². The zero-order valence-electron chi connectivity index (χ0n) is 20.7. The number of fused-ring (bicyclic) bond motifs is 1. The van der Waals surface area contributed by atoms with Gasteiger partial charge in [0.15, 0.2) is 5.82 Å². The molecule has 0 bridgehead atoms. The van der Waals surface area contributed by atoms with Gasteiger partial charge in [-0.2, -0.15) is 5.10 Å². The number of carbonyl (C=O) groups is 1. The molecule has 0 saturated carbocycles. The lowest BCUT2D eigenvalue weighted by Crippen LogP contribution is -2.23. The number of methoxy groups -OCH3 is 2. The molecule has 1 unspecified atom stereocenters. The van der Waals surface area contributed by atoms with Gasteiger partial charge in [-0.15, -0.1) is 0 Å². The van der Waals surface area contributed by atoms with Gasteiger partial charge in [0.2, 0.25) is 0 Å². The monoisotopic (exact) mass is 488 g/mol. The van der Waals surface area contributed by atoms with E-state index in [9.17, 15) is 4.79 Å². The summed E-state index contributed by atoms with van der Waals surface area (Å²) in [5, 5.41) is 10.3. The predicted molar refractivity (Wildman–Crippen MR) is 136 cm³/mol. The second-order valence-corrected chi connectivity index (χ2v) is 8.89. The number of H-pyrrole nitrogens is 2. The van der Waals surface area contributed by atoms with E-state index in [-0.39, 0.29) is 12.0 Å². The van der Waals surface area contributed by atoms with Gasteiger partial charge in [0.25, 0.3) is 5.91 Å². The van der Waals surface area contributed by atoms with Crippen molar-refractivity contribution >= 4 is 16.9 Å². The summed E-state index contributed by atoms with van der Waals surface area (Å²) in [4.78, 5) is 21.1. The molecule has 1 radical (unpaired) electrons. The van der Waals surface area contributed by atoms with E-state index in [0.29, 0.717) is 29.4 Å². The third kappa shape index (κ3) is 4.92. The molecule has 1 aliphatic rings. The van der Waals surface area contributed by atoms with Crippen LogP contribution in [-0.2, 0) is 11.3 Å². The van der Waals surface area contributed by atoms with Crippen molar-refractivity contribution in [2.45, 2.75) is 38.8 Å². The molecule has 4 aromatic rings. The maximum absolute atomic E-state index is 13.1. The van der Waals surface area contributed by atoms with Gasteiger partial charge in [-0.1, -0.05) is 0 Å². The highest BCUT2D eigenvalue weighted by Gasteiger charge is 2.21. The number of aromatic amines is 2. The van der Waals surface area contributed by atoms with Crippen LogP contribution >= 0.6 is 0 Å². The van der Waals surface area contributed by atoms with Gasteiger partial charge in [0.05, 0.1) is 31.4 Å². The topological polar surface area (TPSA) is 114 Å². The predicted octanol–water partition coefficient (Wildman–Crippen LogP) is 4.33. The SMILES string of the molecule is COc1ccc(CNC(=O)c2cc3[nH]c(-c4n[nH]cc4[CH]C4CCCCO4)nc3cc2C)c(OC)c1. The minimum absolute atomic E-state index is 0.0846. The highest BCUT2D eigenvalue weighted by molar-refractivity contribution is 5.99. The van der Waals surface area contributed by atoms with Gasteiger partial charge in [-0.05, 0) is 56.0 Å². The molecule has 187 valence electrons. The Hall–Kier alpha value is -3.85. The molecule has 0 spiro atoms. The summed E-state index contributed by atoms with van der Waals surface area (Å²) in [7, 11) is 3.20. The molecule has 2 aromatic carbocycles. The summed E-state index contributed by atoms with van der Waals surface area (Å²) < 4.78 is 16.5. The van der Waals surface area contributed by atoms with Gasteiger partial charge < -0.3 is 24.5 Å². The Bertz CT molecular complexity index is 1370. The Morgan fingerprint density at radius 1 is 1.22 bits per heavy atom. The number of aromatic nitrogens is 4. The summed E-state index contributed by atoms with van der Waals surface area (Å²) in [5.74, 6) is 1.83. The van der Waals surface area contributed by atoms with Gasteiger partial charge in [0.1, 0.15) is 17.2 Å². The highest BCUT2D eigenvalue weighted by Crippen LogP contribution is 2.28. The third-order valence-electron chi connectivity index (χ3n) is 6.48. The van der Waals surface area contributed by atoms with Crippen LogP contribution in [0.1, 0.15) is 46.3 Å². The molecule has 1 fully saturated rings. The standard InChI is InChI=1S/C27H30N5O4/c1-16-10-22-23(13-21(16)27(33)28-14-17-7-8-19(34-2)12-24(17)35-3)31-26(30-22)25-18(15-29-32-25)11-20-6-4-5-9-36-20/h7-8,10-13,15,20H,4-6,9,14H2,1-3H3,(H,28,33)(H,29,32)(H,30,31). The summed E-state index contributed by atoms with van der Waals surface area (Å²) >= 11 is 0. The lowest BCUT2D eigenvalue weighted by atomic mass is 10.0. The Morgan fingerprint density at radius 2 is 2.11 bits per heavy atom. The molecule has 1 amide bonds. The van der Waals surface area contributed by atoms with Crippen molar-refractivity contribution in [3.8, 4) is 23.0 Å². The Balaban J connectivity index is 1.34. The molecule has 3 heterocycles. The van der Waals surface area contributed by atoms with Crippen LogP contribution in [0, 0.1) is 13.3 Å². The van der Waals surface area contributed by atoms with Crippen LogP contribution in [0.25, 0.3) is 22.6 Å². The lowest BCUT2D eigenvalue weighted by Gasteiger charge is -2.21. The molecule has 36 heavy (non-hydrogen) atoms. The Labute approximate surface area is 209 Å². The summed E-state index contributed by atoms with van der Waals surface area (Å²) in [5.41, 5.74) is 5.50. The molecule has 1 aliphatic heterocycles. The second-order valence-electron chi connectivity index (χ2n) is 8.89. The molecular weight excluding hydrogens is 458 g/mol. The number of imidazole rings is 1. The van der Waals surface area contributed by atoms with Crippen LogP contribution in [0.3, 0.4) is 0 Å². The largest absolute Gasteiger partial charge is 0.497 e. The lowest BCUT2D eigenvalue weighted by molar-refractivity contribution is 0.0387. The summed E-state index contributed by atoms with van der Waals surface area (Å²) in [6.07, 6.45) is 7.32. The van der Waals surface area contributed by atoms with Gasteiger partial charge >= 0.3 is 0 Å². The number of hydrogen-bond acceptors (Lipinski definition) is 6. The quantitative estimate of drug-likeness (QED) is 0.340. The first-order valence-corrected chi connectivity index (χ1v) is 12.1. The zero-order chi connectivity index (χ0) is 25.1. The first-order chi connectivity index (χ1) is 17.6. The van der Waals surface area contributed by atoms with Crippen molar-refractivity contribution in [2.24, 2.45) is 0 Å². The second kappa shape index (κ2) is 10.4. The Kier molecular flexibility index (Phi) is 6.90. The van der Waals surface area contributed by atoms with E-state index < -0.39 is 0 Å². The summed E-state index contributed by atoms with van der Waals surface area (Å²) in [6, 6.07) is 9.27. The van der Waals surface area contributed by atoms with E-state index in [1.165, 1.54) is 0 Å². The fourth-order valence-corrected chi connectivity index (χ4v) is 4.50. The van der Waals surface area contributed by atoms with Crippen LogP contribution < -0.4 is 14.8 Å². The van der Waals surface area contributed by atoms with E-state index in [0.717, 1.165) is 59.3 Å². The van der Waals surface area contributed by atoms with E-state index in [1.54, 1.807) is 20.3 Å². The van der Waals surface area contributed by atoms with Crippen LogP contribution in [0.4, 0.5) is 0 Å². The molecule has 9 nitrogen and oxygen atoms in total. The zero-order valence-corrected chi connectivity index (χ0v) is 20.7. The maximum atomic E-state index is 13.1. The highest BCUT2D eigenvalue weighted by atomic mass is 16.5. The number of nitrogens with zero attached hydrogens (tertiary/aromatic N) is 2. The molecular formula is C27H30N5O4. The maximum Gasteiger partial charge on any atom is 0.251 e. The van der Waals surface area contributed by atoms with E-state index in [1.807, 2.05) is 37.4 Å². The molecule has 0 aliphatic carbocycles. The fraction of sp³-hybridized carbons (Fsp3) is 0.333. The van der Waals surface area contributed by atoms with Crippen molar-refractivity contribution in [1.29, 1.82) is 0 Å². The van der Waals surface area contributed by atoms with Crippen molar-refractivity contribution < 1.29 is 19.0 Å². The first kappa shape index (κ1) is 23.9. The van der Waals surface area contributed by atoms with E-state index in [4.69, 9.17) is 19.2 Å². The van der Waals surface area contributed by atoms with Gasteiger partial charge in [-0.3, -0.25) is 9.89 Å². The van der Waals surface area contributed by atoms with Crippen LogP contribution in [0.5, 0.6) is 11.5 Å². The molecule has 9 heteroatoms. The number of rotatable bonds is 8. The summed E-state index contributed by atoms with van der Waals surface area (Å²) in [6.45, 7) is 3.02. The number of hydrogen-bond donors (Lipinski definition) is 3. The van der Waals surface area contributed by atoms with Crippen molar-refractivity contribution in [3.05, 3.63) is 65.2 Å². The number of ether oxygens (including phenoxy) is 3. The number of benzene rings is 2. The van der Waals surface area contributed by atoms with E-state index in [2.05, 4.69) is 26.9 Å². The Morgan fingerprint density at radius 3 is 2.89 bits per heavy atom. The van der Waals surface area contributed by atoms with Crippen molar-refractivity contribution in [2.75, 3.05) is 20.8 Å². The third-order valence-corrected chi connectivity index (χ3v) is 6.48. The molecule has 2 aromatic heterocycles. The number of amides is 1. The van der Waals surface area contributed by atoms with E-state index >= 15 is 0 Å². The van der Waals surface area contributed by atoms with Gasteiger partial charge in [-0.25, -0.2) is 4.98 Å². The molecule has 5 rings (SSSR count). The van der Waals surface area contributed by atoms with Crippen molar-refractivity contribution in [1.82, 2.24) is 25.5 Å². The van der Waals surface area contributed by atoms with Crippen LogP contribution in [0.2, 0.25) is 0 Å². The van der Waals surface area contributed by atoms with Crippen LogP contribution in [0.15, 0.2) is 36.5 Å². The average Bonchev–Trinajstić information content (AvgIpc) is 3.53. The smallest absolute Gasteiger partial charge is 0.251 e. The average molecular weight is 489 g/mol. The number of aryl methyl sites for hydroxylation is 1. The normalized spacial score (nSPS) is 15.7. The number of carbonyl (C=O) groups excluding carboxylic acids is 1. The molecule has 3 N–H and O–H groups in total. The number of nitrogens with one attached hydrogen (secondary N) is 3. The fourth-order valence-electron chi connectivity index (χ4n) is 4.50.